The van der Waals surface area contributed by atoms with Crippen LogP contribution >= 0.6 is 0 Å². The molecule has 2 aliphatic heterocycles. The topological polar surface area (TPSA) is 179 Å². The first-order valence-corrected chi connectivity index (χ1v) is 11.2. The summed E-state index contributed by atoms with van der Waals surface area (Å²) in [4.78, 5) is 0. The van der Waals surface area contributed by atoms with E-state index in [0.717, 1.165) is 12.8 Å². The first-order valence-electron chi connectivity index (χ1n) is 11.2. The number of hydrogen-bond donors (Lipinski definition) is 7. The number of aliphatic hydroxyl groups is 7. The van der Waals surface area contributed by atoms with Crippen LogP contribution in [-0.4, -0.2) is 116 Å². The zero-order valence-corrected chi connectivity index (χ0v) is 19.1. The highest BCUT2D eigenvalue weighted by atomic mass is 16.7. The smallest absolute Gasteiger partial charge is 0.187 e. The van der Waals surface area contributed by atoms with Gasteiger partial charge in [-0.3, -0.25) is 0 Å². The molecule has 0 unspecified atom stereocenters. The lowest BCUT2D eigenvalue weighted by Crippen LogP contribution is -2.65. The summed E-state index contributed by atoms with van der Waals surface area (Å²) in [7, 11) is 0. The van der Waals surface area contributed by atoms with E-state index in [1.165, 1.54) is 0 Å². The quantitative estimate of drug-likeness (QED) is 0.190. The lowest BCUT2D eigenvalue weighted by Gasteiger charge is -2.46. The van der Waals surface area contributed by atoms with Crippen LogP contribution in [0.15, 0.2) is 0 Å². The molecule has 0 spiro atoms. The highest BCUT2D eigenvalue weighted by Crippen LogP contribution is 2.31. The maximum atomic E-state index is 10.7. The molecule has 0 aromatic carbocycles. The van der Waals surface area contributed by atoms with Gasteiger partial charge in [0.1, 0.15) is 48.8 Å². The summed E-state index contributed by atoms with van der Waals surface area (Å²) in [6.07, 6.45) is -13.3. The van der Waals surface area contributed by atoms with Crippen molar-refractivity contribution in [1.82, 2.24) is 0 Å². The molecule has 190 valence electrons. The molecule has 0 saturated carbocycles. The van der Waals surface area contributed by atoms with Crippen LogP contribution < -0.4 is 0 Å². The van der Waals surface area contributed by atoms with Gasteiger partial charge in [0.2, 0.25) is 0 Å². The lowest BCUT2D eigenvalue weighted by atomic mass is 9.96. The largest absolute Gasteiger partial charge is 0.394 e. The van der Waals surface area contributed by atoms with Gasteiger partial charge in [0, 0.05) is 0 Å². The van der Waals surface area contributed by atoms with Crippen LogP contribution in [0.4, 0.5) is 0 Å². The van der Waals surface area contributed by atoms with Gasteiger partial charge in [0.05, 0.1) is 19.3 Å². The van der Waals surface area contributed by atoms with Crippen molar-refractivity contribution < 1.29 is 54.7 Å². The Hall–Kier alpha value is -0.440. The minimum absolute atomic E-state index is 0.232. The van der Waals surface area contributed by atoms with Crippen molar-refractivity contribution in [2.24, 2.45) is 11.8 Å². The van der Waals surface area contributed by atoms with Gasteiger partial charge < -0.3 is 54.7 Å². The Morgan fingerprint density at radius 1 is 0.656 bits per heavy atom. The van der Waals surface area contributed by atoms with E-state index in [2.05, 4.69) is 0 Å². The van der Waals surface area contributed by atoms with Gasteiger partial charge in [0.15, 0.2) is 12.6 Å². The molecule has 2 aliphatic rings. The fourth-order valence-electron chi connectivity index (χ4n) is 4.12. The molecular weight excluding hydrogens is 428 g/mol. The van der Waals surface area contributed by atoms with Crippen molar-refractivity contribution in [3.63, 3.8) is 0 Å². The Morgan fingerprint density at radius 2 is 1.16 bits per heavy atom. The van der Waals surface area contributed by atoms with E-state index < -0.39 is 74.6 Å². The summed E-state index contributed by atoms with van der Waals surface area (Å²) in [5.74, 6) is 0.667. The van der Waals surface area contributed by atoms with E-state index in [-0.39, 0.29) is 6.10 Å². The van der Waals surface area contributed by atoms with Crippen LogP contribution in [0.5, 0.6) is 0 Å². The highest BCUT2D eigenvalue weighted by molar-refractivity contribution is 4.94. The predicted molar refractivity (Wildman–Crippen MR) is 110 cm³/mol. The van der Waals surface area contributed by atoms with Crippen LogP contribution in [-0.2, 0) is 18.9 Å². The Kier molecular flexibility index (Phi) is 10.7. The van der Waals surface area contributed by atoms with Gasteiger partial charge in [-0.2, -0.15) is 0 Å². The van der Waals surface area contributed by atoms with E-state index in [0.29, 0.717) is 11.8 Å². The second-order valence-electron chi connectivity index (χ2n) is 9.52. The van der Waals surface area contributed by atoms with Crippen molar-refractivity contribution in [3.05, 3.63) is 0 Å². The predicted octanol–water partition coefficient (Wildman–Crippen LogP) is -1.91. The van der Waals surface area contributed by atoms with E-state index in [1.54, 1.807) is 0 Å². The zero-order valence-electron chi connectivity index (χ0n) is 19.1. The maximum Gasteiger partial charge on any atom is 0.187 e. The van der Waals surface area contributed by atoms with Gasteiger partial charge in [0.25, 0.3) is 0 Å². The van der Waals surface area contributed by atoms with E-state index in [4.69, 9.17) is 18.9 Å². The molecule has 11 nitrogen and oxygen atoms in total. The Labute approximate surface area is 188 Å². The first kappa shape index (κ1) is 27.8. The molecule has 0 aliphatic carbocycles. The molecule has 2 heterocycles. The van der Waals surface area contributed by atoms with Crippen LogP contribution in [0.2, 0.25) is 0 Å². The summed E-state index contributed by atoms with van der Waals surface area (Å²) in [6.45, 7) is 6.94. The molecule has 32 heavy (non-hydrogen) atoms. The second-order valence-corrected chi connectivity index (χ2v) is 9.52. The molecule has 2 saturated heterocycles. The van der Waals surface area contributed by atoms with Crippen LogP contribution in [0.1, 0.15) is 40.5 Å². The summed E-state index contributed by atoms with van der Waals surface area (Å²) in [6, 6.07) is 0. The van der Waals surface area contributed by atoms with Crippen LogP contribution in [0, 0.1) is 11.8 Å². The molecule has 0 aromatic heterocycles. The van der Waals surface area contributed by atoms with Gasteiger partial charge in [-0.1, -0.05) is 27.7 Å². The SMILES string of the molecule is CC(C)CC(CC(C)C)O[C@@H]1O[C@H](CO)[C@@H](O[C@H]2O[C@@H](CO)[C@@H](O)[C@H](O)[C@@H]2O)[C@H](O)[C@H]1O. The van der Waals surface area contributed by atoms with Gasteiger partial charge in [-0.05, 0) is 24.7 Å². The average molecular weight is 469 g/mol. The standard InChI is InChI=1S/C21H40O11/c1-9(2)5-11(6-10(3)4)29-20-18(28)16(26)19(13(8-23)31-20)32-21-17(27)15(25)14(24)12(7-22)30-21/h9-28H,5-8H2,1-4H3/t12-,13+,14+,15-,16+,17-,18+,19+,20+,21+/m0/s1. The molecular formula is C21H40O11. The molecule has 2 fully saturated rings. The maximum absolute atomic E-state index is 10.7. The van der Waals surface area contributed by atoms with Crippen molar-refractivity contribution in [3.8, 4) is 0 Å². The molecule has 11 heteroatoms. The lowest BCUT2D eigenvalue weighted by molar-refractivity contribution is -0.363. The highest BCUT2D eigenvalue weighted by Gasteiger charge is 2.51. The number of ether oxygens (including phenoxy) is 4. The summed E-state index contributed by atoms with van der Waals surface area (Å²) >= 11 is 0. The van der Waals surface area contributed by atoms with Crippen molar-refractivity contribution in [2.45, 2.75) is 108 Å². The third-order valence-corrected chi connectivity index (χ3v) is 5.76. The number of rotatable bonds is 10. The van der Waals surface area contributed by atoms with Gasteiger partial charge in [-0.15, -0.1) is 0 Å². The van der Waals surface area contributed by atoms with Gasteiger partial charge in [-0.25, -0.2) is 0 Å². The van der Waals surface area contributed by atoms with Gasteiger partial charge >= 0.3 is 0 Å². The van der Waals surface area contributed by atoms with Crippen molar-refractivity contribution in [2.75, 3.05) is 13.2 Å². The fourth-order valence-corrected chi connectivity index (χ4v) is 4.12. The van der Waals surface area contributed by atoms with E-state index >= 15 is 0 Å². The third kappa shape index (κ3) is 6.80. The fraction of sp³-hybridized carbons (Fsp3) is 1.00. The Balaban J connectivity index is 2.11. The average Bonchev–Trinajstić information content (AvgIpc) is 2.72. The van der Waals surface area contributed by atoms with Crippen LogP contribution in [0.3, 0.4) is 0 Å². The minimum atomic E-state index is -1.70. The summed E-state index contributed by atoms with van der Waals surface area (Å²) in [5, 5.41) is 70.5. The van der Waals surface area contributed by atoms with Crippen LogP contribution in [0.25, 0.3) is 0 Å². The Morgan fingerprint density at radius 3 is 1.66 bits per heavy atom. The minimum Gasteiger partial charge on any atom is -0.394 e. The number of hydrogen-bond acceptors (Lipinski definition) is 11. The molecule has 0 radical (unpaired) electrons. The van der Waals surface area contributed by atoms with Crippen molar-refractivity contribution in [1.29, 1.82) is 0 Å². The third-order valence-electron chi connectivity index (χ3n) is 5.76. The summed E-state index contributed by atoms with van der Waals surface area (Å²) in [5.41, 5.74) is 0. The molecule has 7 N–H and O–H groups in total. The normalized spacial score (nSPS) is 41.1. The molecule has 0 amide bonds. The summed E-state index contributed by atoms with van der Waals surface area (Å²) < 4.78 is 22.5. The van der Waals surface area contributed by atoms with E-state index in [9.17, 15) is 35.7 Å². The van der Waals surface area contributed by atoms with Crippen molar-refractivity contribution >= 4 is 0 Å². The second kappa shape index (κ2) is 12.3. The monoisotopic (exact) mass is 468 g/mol. The Bertz CT molecular complexity index is 534. The molecule has 0 bridgehead atoms. The van der Waals surface area contributed by atoms with E-state index in [1.807, 2.05) is 27.7 Å². The molecule has 10 atom stereocenters. The first-order chi connectivity index (χ1) is 15.0. The molecule has 2 rings (SSSR count). The zero-order chi connectivity index (χ0) is 24.2. The molecule has 0 aromatic rings. The number of aliphatic hydroxyl groups excluding tert-OH is 7.